The molecule has 0 amide bonds. The second-order valence-electron chi connectivity index (χ2n) is 4.32. The summed E-state index contributed by atoms with van der Waals surface area (Å²) in [5.41, 5.74) is -0.689. The van der Waals surface area contributed by atoms with Gasteiger partial charge in [0.15, 0.2) is 0 Å². The molecule has 100 valence electrons. The molecule has 2 rings (SSSR count). The second-order valence-corrected chi connectivity index (χ2v) is 5.24. The van der Waals surface area contributed by atoms with E-state index in [-0.39, 0.29) is 11.9 Å². The van der Waals surface area contributed by atoms with E-state index >= 15 is 0 Å². The molecule has 1 N–H and O–H groups in total. The number of alkyl halides is 3. The number of nitrogens with zero attached hydrogens (tertiary/aromatic N) is 2. The Kier molecular flexibility index (Phi) is 3.82. The Morgan fingerprint density at radius 3 is 2.83 bits per heavy atom. The van der Waals surface area contributed by atoms with Crippen LogP contribution in [-0.4, -0.2) is 30.7 Å². The zero-order valence-corrected chi connectivity index (χ0v) is 11.3. The van der Waals surface area contributed by atoms with E-state index in [4.69, 9.17) is 0 Å². The van der Waals surface area contributed by atoms with Gasteiger partial charge in [-0.2, -0.15) is 13.2 Å². The molecule has 1 aliphatic rings. The Morgan fingerprint density at radius 1 is 1.50 bits per heavy atom. The molecule has 0 unspecified atom stereocenters. The number of piperazine rings is 1. The van der Waals surface area contributed by atoms with Crippen molar-refractivity contribution in [3.05, 3.63) is 22.3 Å². The molecule has 0 aliphatic carbocycles. The lowest BCUT2D eigenvalue weighted by molar-refractivity contribution is -0.137. The van der Waals surface area contributed by atoms with Gasteiger partial charge in [-0.3, -0.25) is 0 Å². The third-order valence-electron chi connectivity index (χ3n) is 2.81. The second kappa shape index (κ2) is 5.05. The van der Waals surface area contributed by atoms with Crippen molar-refractivity contribution in [2.45, 2.75) is 19.1 Å². The molecule has 18 heavy (non-hydrogen) atoms. The maximum Gasteiger partial charge on any atom is 0.419 e. The lowest BCUT2D eigenvalue weighted by Gasteiger charge is -2.34. The lowest BCUT2D eigenvalue weighted by atomic mass is 10.2. The van der Waals surface area contributed by atoms with Crippen molar-refractivity contribution < 1.29 is 13.2 Å². The number of rotatable bonds is 1. The Balaban J connectivity index is 2.37. The summed E-state index contributed by atoms with van der Waals surface area (Å²) in [6.07, 6.45) is -2.99. The highest BCUT2D eigenvalue weighted by Gasteiger charge is 2.36. The fourth-order valence-electron chi connectivity index (χ4n) is 2.02. The maximum atomic E-state index is 13.0. The number of nitrogens with one attached hydrogen (secondary N) is 1. The minimum absolute atomic E-state index is 0.0130. The molecular weight excluding hydrogens is 311 g/mol. The minimum atomic E-state index is -4.39. The molecule has 1 saturated heterocycles. The summed E-state index contributed by atoms with van der Waals surface area (Å²) in [4.78, 5) is 5.61. The summed E-state index contributed by atoms with van der Waals surface area (Å²) in [5, 5.41) is 3.19. The van der Waals surface area contributed by atoms with E-state index in [9.17, 15) is 13.2 Å². The normalized spacial score (nSPS) is 21.2. The van der Waals surface area contributed by atoms with Crippen molar-refractivity contribution in [2.24, 2.45) is 0 Å². The van der Waals surface area contributed by atoms with Gasteiger partial charge in [0.2, 0.25) is 0 Å². The quantitative estimate of drug-likeness (QED) is 0.861. The molecule has 0 bridgehead atoms. The predicted octanol–water partition coefficient (Wildman–Crippen LogP) is 2.66. The Labute approximate surface area is 112 Å². The van der Waals surface area contributed by atoms with Crippen LogP contribution in [0.3, 0.4) is 0 Å². The van der Waals surface area contributed by atoms with Crippen molar-refractivity contribution in [1.29, 1.82) is 0 Å². The molecule has 1 atom stereocenters. The van der Waals surface area contributed by atoms with E-state index < -0.39 is 11.7 Å². The van der Waals surface area contributed by atoms with Gasteiger partial charge in [0.05, 0.1) is 5.56 Å². The first-order chi connectivity index (χ1) is 8.38. The number of pyridine rings is 1. The molecule has 1 fully saturated rings. The van der Waals surface area contributed by atoms with Crippen molar-refractivity contribution in [3.8, 4) is 0 Å². The molecule has 0 aromatic carbocycles. The highest BCUT2D eigenvalue weighted by Crippen LogP contribution is 2.37. The van der Waals surface area contributed by atoms with Crippen LogP contribution in [0.2, 0.25) is 0 Å². The lowest BCUT2D eigenvalue weighted by Crippen LogP contribution is -2.50. The van der Waals surface area contributed by atoms with Gasteiger partial charge in [-0.1, -0.05) is 0 Å². The average Bonchev–Trinajstić information content (AvgIpc) is 2.27. The zero-order valence-electron chi connectivity index (χ0n) is 9.76. The van der Waals surface area contributed by atoms with Gasteiger partial charge in [0.25, 0.3) is 0 Å². The molecule has 1 aliphatic heterocycles. The number of halogens is 4. The van der Waals surface area contributed by atoms with Crippen LogP contribution in [0.15, 0.2) is 16.7 Å². The van der Waals surface area contributed by atoms with Crippen LogP contribution in [0.25, 0.3) is 0 Å². The van der Waals surface area contributed by atoms with E-state index in [0.29, 0.717) is 24.1 Å². The molecule has 1 aromatic rings. The third kappa shape index (κ3) is 2.95. The van der Waals surface area contributed by atoms with Gasteiger partial charge >= 0.3 is 6.18 Å². The molecule has 7 heteroatoms. The van der Waals surface area contributed by atoms with E-state index in [0.717, 1.165) is 6.07 Å². The Bertz CT molecular complexity index is 436. The molecule has 3 nitrogen and oxygen atoms in total. The van der Waals surface area contributed by atoms with Crippen molar-refractivity contribution >= 4 is 21.7 Å². The molecule has 0 saturated carbocycles. The monoisotopic (exact) mass is 323 g/mol. The van der Waals surface area contributed by atoms with E-state index in [1.165, 1.54) is 6.20 Å². The standard InChI is InChI=1S/C11H13BrF3N3/c1-7-6-18(3-2-16-7)10-9(11(13,14)15)4-8(12)5-17-10/h4-5,7,16H,2-3,6H2,1H3/t7-/m1/s1. The predicted molar refractivity (Wildman–Crippen MR) is 66.6 cm³/mol. The van der Waals surface area contributed by atoms with Crippen LogP contribution in [0.1, 0.15) is 12.5 Å². The van der Waals surface area contributed by atoms with Gasteiger partial charge in [0.1, 0.15) is 5.82 Å². The van der Waals surface area contributed by atoms with Crippen LogP contribution >= 0.6 is 15.9 Å². The average molecular weight is 324 g/mol. The van der Waals surface area contributed by atoms with Gasteiger partial charge < -0.3 is 10.2 Å². The van der Waals surface area contributed by atoms with E-state index in [2.05, 4.69) is 26.2 Å². The number of hydrogen-bond acceptors (Lipinski definition) is 3. The summed E-state index contributed by atoms with van der Waals surface area (Å²) in [6.45, 7) is 3.66. The molecule has 0 spiro atoms. The minimum Gasteiger partial charge on any atom is -0.353 e. The number of aromatic nitrogens is 1. The SMILES string of the molecule is C[C@@H]1CN(c2ncc(Br)cc2C(F)(F)F)CCN1. The maximum absolute atomic E-state index is 13.0. The smallest absolute Gasteiger partial charge is 0.353 e. The third-order valence-corrected chi connectivity index (χ3v) is 3.24. The van der Waals surface area contributed by atoms with Crippen molar-refractivity contribution in [2.75, 3.05) is 24.5 Å². The fraction of sp³-hybridized carbons (Fsp3) is 0.545. The summed E-state index contributed by atoms with van der Waals surface area (Å²) in [5.74, 6) is 0.0130. The van der Waals surface area contributed by atoms with Crippen LogP contribution in [0.4, 0.5) is 19.0 Å². The molecule has 2 heterocycles. The van der Waals surface area contributed by atoms with Crippen molar-refractivity contribution in [1.82, 2.24) is 10.3 Å². The summed E-state index contributed by atoms with van der Waals surface area (Å²) in [6, 6.07) is 1.24. The Morgan fingerprint density at radius 2 is 2.22 bits per heavy atom. The van der Waals surface area contributed by atoms with Gasteiger partial charge in [-0.05, 0) is 28.9 Å². The van der Waals surface area contributed by atoms with Crippen LogP contribution in [0.5, 0.6) is 0 Å². The topological polar surface area (TPSA) is 28.2 Å². The summed E-state index contributed by atoms with van der Waals surface area (Å²) in [7, 11) is 0. The van der Waals surface area contributed by atoms with Crippen LogP contribution < -0.4 is 10.2 Å². The first kappa shape index (κ1) is 13.6. The molecule has 1 aromatic heterocycles. The first-order valence-corrected chi connectivity index (χ1v) is 6.38. The van der Waals surface area contributed by atoms with Gasteiger partial charge in [0, 0.05) is 36.3 Å². The summed E-state index contributed by atoms with van der Waals surface area (Å²) < 4.78 is 39.3. The number of hydrogen-bond donors (Lipinski definition) is 1. The van der Waals surface area contributed by atoms with E-state index in [1.807, 2.05) is 6.92 Å². The largest absolute Gasteiger partial charge is 0.419 e. The summed E-state index contributed by atoms with van der Waals surface area (Å²) >= 11 is 3.03. The highest BCUT2D eigenvalue weighted by atomic mass is 79.9. The fourth-order valence-corrected chi connectivity index (χ4v) is 2.35. The highest BCUT2D eigenvalue weighted by molar-refractivity contribution is 9.10. The van der Waals surface area contributed by atoms with E-state index in [1.54, 1.807) is 4.90 Å². The Hall–Kier alpha value is -0.820. The molecular formula is C11H13BrF3N3. The zero-order chi connectivity index (χ0) is 13.3. The van der Waals surface area contributed by atoms with Gasteiger partial charge in [-0.15, -0.1) is 0 Å². The molecule has 0 radical (unpaired) electrons. The van der Waals surface area contributed by atoms with Crippen molar-refractivity contribution in [3.63, 3.8) is 0 Å². The van der Waals surface area contributed by atoms with Crippen LogP contribution in [-0.2, 0) is 6.18 Å². The number of anilines is 1. The first-order valence-electron chi connectivity index (χ1n) is 5.59. The van der Waals surface area contributed by atoms with Crippen LogP contribution in [0, 0.1) is 0 Å². The van der Waals surface area contributed by atoms with Gasteiger partial charge in [-0.25, -0.2) is 4.98 Å².